The van der Waals surface area contributed by atoms with Crippen molar-refractivity contribution >= 4 is 0 Å². The Labute approximate surface area is 140 Å². The van der Waals surface area contributed by atoms with Crippen LogP contribution >= 0.6 is 0 Å². The Kier molecular flexibility index (Phi) is 6.88. The lowest BCUT2D eigenvalue weighted by Crippen LogP contribution is -2.42. The summed E-state index contributed by atoms with van der Waals surface area (Å²) >= 11 is 0. The number of nitrogens with two attached hydrogens (primary N) is 1. The first-order chi connectivity index (χ1) is 11.0. The largest absolute Gasteiger partial charge is 0.494 e. The Morgan fingerprint density at radius 3 is 2.83 bits per heavy atom. The quantitative estimate of drug-likeness (QED) is 0.839. The standard InChI is InChI=1S/C19H32N2O2/c1-5-22-19-10-15(4)16(11-18(19)14(2)3)12-21-8-9-23-17(13-21)6-7-20/h10-11,14,17H,5-9,12-13,20H2,1-4H3/t17-/m0/s1. The second-order valence-corrected chi connectivity index (χ2v) is 6.71. The highest BCUT2D eigenvalue weighted by Gasteiger charge is 2.21. The first-order valence-corrected chi connectivity index (χ1v) is 8.85. The normalized spacial score (nSPS) is 19.3. The van der Waals surface area contributed by atoms with Crippen LogP contribution in [0.25, 0.3) is 0 Å². The molecule has 0 aromatic heterocycles. The Morgan fingerprint density at radius 2 is 2.17 bits per heavy atom. The molecule has 1 aliphatic heterocycles. The van der Waals surface area contributed by atoms with Gasteiger partial charge in [0.25, 0.3) is 0 Å². The minimum Gasteiger partial charge on any atom is -0.494 e. The van der Waals surface area contributed by atoms with E-state index in [9.17, 15) is 0 Å². The van der Waals surface area contributed by atoms with Gasteiger partial charge >= 0.3 is 0 Å². The average molecular weight is 320 g/mol. The van der Waals surface area contributed by atoms with Crippen molar-refractivity contribution in [2.24, 2.45) is 5.73 Å². The molecular formula is C19H32N2O2. The third-order valence-electron chi connectivity index (χ3n) is 4.50. The van der Waals surface area contributed by atoms with Crippen LogP contribution in [0.3, 0.4) is 0 Å². The molecule has 4 heteroatoms. The summed E-state index contributed by atoms with van der Waals surface area (Å²) in [5, 5.41) is 0. The average Bonchev–Trinajstić information content (AvgIpc) is 2.50. The van der Waals surface area contributed by atoms with Crippen LogP contribution in [0.2, 0.25) is 0 Å². The lowest BCUT2D eigenvalue weighted by atomic mass is 9.96. The molecule has 2 rings (SSSR count). The van der Waals surface area contributed by atoms with Crippen LogP contribution in [-0.2, 0) is 11.3 Å². The molecule has 0 aliphatic carbocycles. The number of rotatable bonds is 7. The van der Waals surface area contributed by atoms with Gasteiger partial charge in [-0.2, -0.15) is 0 Å². The van der Waals surface area contributed by atoms with Crippen molar-refractivity contribution in [3.8, 4) is 5.75 Å². The second-order valence-electron chi connectivity index (χ2n) is 6.71. The molecule has 4 nitrogen and oxygen atoms in total. The summed E-state index contributed by atoms with van der Waals surface area (Å²) in [5.74, 6) is 1.50. The molecule has 130 valence electrons. The van der Waals surface area contributed by atoms with Gasteiger partial charge in [-0.3, -0.25) is 4.90 Å². The molecule has 2 N–H and O–H groups in total. The fourth-order valence-electron chi connectivity index (χ4n) is 3.17. The summed E-state index contributed by atoms with van der Waals surface area (Å²) in [6.07, 6.45) is 1.22. The number of hydrogen-bond acceptors (Lipinski definition) is 4. The Hall–Kier alpha value is -1.10. The van der Waals surface area contributed by atoms with Crippen molar-refractivity contribution in [3.63, 3.8) is 0 Å². The molecule has 1 atom stereocenters. The van der Waals surface area contributed by atoms with Crippen molar-refractivity contribution in [1.29, 1.82) is 0 Å². The summed E-state index contributed by atoms with van der Waals surface area (Å²) < 4.78 is 11.6. The lowest BCUT2D eigenvalue weighted by molar-refractivity contribution is -0.0335. The van der Waals surface area contributed by atoms with E-state index in [0.29, 0.717) is 19.1 Å². The number of aryl methyl sites for hydroxylation is 1. The van der Waals surface area contributed by atoms with E-state index < -0.39 is 0 Å². The predicted octanol–water partition coefficient (Wildman–Crippen LogP) is 3.07. The van der Waals surface area contributed by atoms with Crippen LogP contribution in [0.5, 0.6) is 5.75 Å². The Morgan fingerprint density at radius 1 is 1.39 bits per heavy atom. The maximum absolute atomic E-state index is 5.83. The van der Waals surface area contributed by atoms with E-state index in [1.54, 1.807) is 0 Å². The highest BCUT2D eigenvalue weighted by Crippen LogP contribution is 2.30. The number of morpholine rings is 1. The van der Waals surface area contributed by atoms with Crippen LogP contribution < -0.4 is 10.5 Å². The molecule has 0 radical (unpaired) electrons. The van der Waals surface area contributed by atoms with Crippen molar-refractivity contribution in [2.45, 2.75) is 52.7 Å². The zero-order valence-electron chi connectivity index (χ0n) is 15.1. The van der Waals surface area contributed by atoms with Gasteiger partial charge in [0.2, 0.25) is 0 Å². The number of hydrogen-bond donors (Lipinski definition) is 1. The van der Waals surface area contributed by atoms with E-state index in [4.69, 9.17) is 15.2 Å². The third kappa shape index (κ3) is 4.93. The highest BCUT2D eigenvalue weighted by molar-refractivity contribution is 5.44. The topological polar surface area (TPSA) is 47.7 Å². The minimum atomic E-state index is 0.279. The van der Waals surface area contributed by atoms with Gasteiger partial charge < -0.3 is 15.2 Å². The van der Waals surface area contributed by atoms with E-state index in [-0.39, 0.29) is 6.10 Å². The molecule has 1 fully saturated rings. The third-order valence-corrected chi connectivity index (χ3v) is 4.50. The summed E-state index contributed by atoms with van der Waals surface area (Å²) in [5.41, 5.74) is 9.67. The zero-order valence-corrected chi connectivity index (χ0v) is 15.1. The SMILES string of the molecule is CCOc1cc(C)c(CN2CCO[C@@H](CCN)C2)cc1C(C)C. The maximum Gasteiger partial charge on any atom is 0.123 e. The number of nitrogens with zero attached hydrogens (tertiary/aromatic N) is 1. The number of benzene rings is 1. The van der Waals surface area contributed by atoms with Crippen LogP contribution in [0.15, 0.2) is 12.1 Å². The van der Waals surface area contributed by atoms with Gasteiger partial charge in [0.05, 0.1) is 19.3 Å². The van der Waals surface area contributed by atoms with E-state index in [1.807, 2.05) is 6.92 Å². The summed E-state index contributed by atoms with van der Waals surface area (Å²) in [4.78, 5) is 2.48. The van der Waals surface area contributed by atoms with E-state index >= 15 is 0 Å². The van der Waals surface area contributed by atoms with E-state index in [2.05, 4.69) is 37.8 Å². The van der Waals surface area contributed by atoms with E-state index in [1.165, 1.54) is 16.7 Å². The molecule has 0 bridgehead atoms. The molecular weight excluding hydrogens is 288 g/mol. The molecule has 0 amide bonds. The van der Waals surface area contributed by atoms with Crippen molar-refractivity contribution in [1.82, 2.24) is 4.90 Å². The Bertz CT molecular complexity index is 500. The highest BCUT2D eigenvalue weighted by atomic mass is 16.5. The van der Waals surface area contributed by atoms with Gasteiger partial charge in [-0.25, -0.2) is 0 Å². The van der Waals surface area contributed by atoms with Crippen molar-refractivity contribution in [2.75, 3.05) is 32.8 Å². The van der Waals surface area contributed by atoms with Gasteiger partial charge in [-0.05, 0) is 55.5 Å². The minimum absolute atomic E-state index is 0.279. The summed E-state index contributed by atoms with van der Waals surface area (Å²) in [7, 11) is 0. The maximum atomic E-state index is 5.83. The van der Waals surface area contributed by atoms with Crippen LogP contribution in [0.4, 0.5) is 0 Å². The van der Waals surface area contributed by atoms with Gasteiger partial charge in [0.15, 0.2) is 0 Å². The first kappa shape index (κ1) is 18.2. The molecule has 23 heavy (non-hydrogen) atoms. The molecule has 0 spiro atoms. The zero-order chi connectivity index (χ0) is 16.8. The van der Waals surface area contributed by atoms with Gasteiger partial charge in [0.1, 0.15) is 5.75 Å². The van der Waals surface area contributed by atoms with Crippen LogP contribution in [0.1, 0.15) is 49.8 Å². The smallest absolute Gasteiger partial charge is 0.123 e. The molecule has 1 aromatic rings. The van der Waals surface area contributed by atoms with Crippen molar-refractivity contribution < 1.29 is 9.47 Å². The van der Waals surface area contributed by atoms with Crippen LogP contribution in [-0.4, -0.2) is 43.9 Å². The Balaban J connectivity index is 2.14. The predicted molar refractivity (Wildman–Crippen MR) is 95.1 cm³/mol. The van der Waals surface area contributed by atoms with Crippen LogP contribution in [0, 0.1) is 6.92 Å². The molecule has 1 aliphatic rings. The monoisotopic (exact) mass is 320 g/mol. The van der Waals surface area contributed by atoms with Crippen molar-refractivity contribution in [3.05, 3.63) is 28.8 Å². The molecule has 1 saturated heterocycles. The second kappa shape index (κ2) is 8.67. The van der Waals surface area contributed by atoms with Gasteiger partial charge in [-0.1, -0.05) is 19.9 Å². The molecule has 0 unspecified atom stereocenters. The fourth-order valence-corrected chi connectivity index (χ4v) is 3.17. The fraction of sp³-hybridized carbons (Fsp3) is 0.684. The van der Waals surface area contributed by atoms with E-state index in [0.717, 1.165) is 38.4 Å². The van der Waals surface area contributed by atoms with Gasteiger partial charge in [-0.15, -0.1) is 0 Å². The summed E-state index contributed by atoms with van der Waals surface area (Å²) in [6.45, 7) is 13.8. The lowest BCUT2D eigenvalue weighted by Gasteiger charge is -2.33. The molecule has 0 saturated carbocycles. The van der Waals surface area contributed by atoms with Gasteiger partial charge in [0, 0.05) is 19.6 Å². The molecule has 1 aromatic carbocycles. The summed E-state index contributed by atoms with van der Waals surface area (Å²) in [6, 6.07) is 4.53. The number of ether oxygens (including phenoxy) is 2. The first-order valence-electron chi connectivity index (χ1n) is 8.85. The molecule has 1 heterocycles.